The Hall–Kier alpha value is -4.41. The van der Waals surface area contributed by atoms with Gasteiger partial charge in [-0.3, -0.25) is 14.3 Å². The van der Waals surface area contributed by atoms with Gasteiger partial charge in [-0.2, -0.15) is 5.10 Å². The monoisotopic (exact) mass is 464 g/mol. The van der Waals surface area contributed by atoms with Crippen LogP contribution in [0.4, 0.5) is 10.2 Å². The Balaban J connectivity index is 1.63. The van der Waals surface area contributed by atoms with E-state index in [9.17, 15) is 14.0 Å². The fourth-order valence-electron chi connectivity index (χ4n) is 3.15. The number of anilines is 1. The van der Waals surface area contributed by atoms with E-state index >= 15 is 0 Å². The summed E-state index contributed by atoms with van der Waals surface area (Å²) in [5, 5.41) is 11.1. The van der Waals surface area contributed by atoms with Crippen molar-refractivity contribution >= 4 is 17.7 Å². The largest absolute Gasteiger partial charge is 0.465 e. The van der Waals surface area contributed by atoms with Gasteiger partial charge in [-0.25, -0.2) is 14.4 Å². The van der Waals surface area contributed by atoms with Gasteiger partial charge in [-0.1, -0.05) is 23.4 Å². The fourth-order valence-corrected chi connectivity index (χ4v) is 3.15. The number of amides is 1. The highest BCUT2D eigenvalue weighted by atomic mass is 19.1. The van der Waals surface area contributed by atoms with Gasteiger partial charge >= 0.3 is 5.97 Å². The van der Waals surface area contributed by atoms with Crippen LogP contribution in [0.2, 0.25) is 0 Å². The predicted molar refractivity (Wildman–Crippen MR) is 119 cm³/mol. The van der Waals surface area contributed by atoms with Crippen molar-refractivity contribution in [3.8, 4) is 22.9 Å². The van der Waals surface area contributed by atoms with Crippen molar-refractivity contribution in [3.63, 3.8) is 0 Å². The summed E-state index contributed by atoms with van der Waals surface area (Å²) < 4.78 is 25.7. The molecule has 1 atom stereocenters. The Morgan fingerprint density at radius 2 is 2.03 bits per heavy atom. The van der Waals surface area contributed by atoms with Gasteiger partial charge in [0, 0.05) is 17.8 Å². The molecule has 4 rings (SSSR count). The van der Waals surface area contributed by atoms with Gasteiger partial charge in [0.15, 0.2) is 5.82 Å². The first-order chi connectivity index (χ1) is 16.5. The Kier molecular flexibility index (Phi) is 6.72. The maximum absolute atomic E-state index is 14.3. The van der Waals surface area contributed by atoms with E-state index in [1.165, 1.54) is 31.5 Å². The zero-order chi connectivity index (χ0) is 24.1. The summed E-state index contributed by atoms with van der Waals surface area (Å²) >= 11 is 0. The number of hydrogen-bond acceptors (Lipinski definition) is 8. The Morgan fingerprint density at radius 3 is 2.76 bits per heavy atom. The molecule has 0 saturated carbocycles. The van der Waals surface area contributed by atoms with Gasteiger partial charge in [0.1, 0.15) is 35.2 Å². The van der Waals surface area contributed by atoms with Crippen LogP contribution in [0.5, 0.6) is 0 Å². The van der Waals surface area contributed by atoms with Gasteiger partial charge in [-0.05, 0) is 32.0 Å². The Labute approximate surface area is 193 Å². The molecule has 0 saturated heterocycles. The zero-order valence-electron chi connectivity index (χ0n) is 18.4. The molecule has 1 N–H and O–H groups in total. The minimum absolute atomic E-state index is 0.141. The average Bonchev–Trinajstić information content (AvgIpc) is 3.50. The van der Waals surface area contributed by atoms with Crippen LogP contribution in [0.15, 0.2) is 59.4 Å². The van der Waals surface area contributed by atoms with Crippen molar-refractivity contribution < 1.29 is 23.2 Å². The summed E-state index contributed by atoms with van der Waals surface area (Å²) in [6.07, 6.45) is 2.88. The summed E-state index contributed by atoms with van der Waals surface area (Å²) in [4.78, 5) is 32.8. The normalized spacial score (nSPS) is 11.7. The third-order valence-corrected chi connectivity index (χ3v) is 4.93. The maximum Gasteiger partial charge on any atom is 0.318 e. The molecule has 0 fully saturated rings. The van der Waals surface area contributed by atoms with Crippen LogP contribution >= 0.6 is 0 Å². The Bertz CT molecular complexity index is 1300. The summed E-state index contributed by atoms with van der Waals surface area (Å²) in [6.45, 7) is 3.43. The van der Waals surface area contributed by atoms with Crippen LogP contribution in [-0.2, 0) is 20.9 Å². The minimum atomic E-state index is -1.00. The molecule has 1 unspecified atom stereocenters. The smallest absolute Gasteiger partial charge is 0.318 e. The van der Waals surface area contributed by atoms with E-state index in [1.807, 2.05) is 0 Å². The highest BCUT2D eigenvalue weighted by molar-refractivity contribution is 6.04. The standard InChI is InChI=1S/C23H21FN6O4/c1-3-33-23(32)14(2)22(31)27-20-8-10-25-21(26-20)18-12-19(17-9-11-34-29-17)30(28-18)13-15-6-4-5-7-16(15)24/h4-12,14H,3,13H2,1-2H3,(H,25,26,27,31). The molecule has 0 aliphatic carbocycles. The van der Waals surface area contributed by atoms with E-state index in [-0.39, 0.29) is 30.6 Å². The molecule has 3 aromatic heterocycles. The van der Waals surface area contributed by atoms with E-state index in [0.717, 1.165) is 0 Å². The second-order valence-corrected chi connectivity index (χ2v) is 7.28. The first kappa shape index (κ1) is 22.8. The van der Waals surface area contributed by atoms with E-state index in [0.29, 0.717) is 22.6 Å². The van der Waals surface area contributed by atoms with Crippen LogP contribution in [-0.4, -0.2) is 43.4 Å². The summed E-state index contributed by atoms with van der Waals surface area (Å²) in [5.41, 5.74) is 1.89. The first-order valence-electron chi connectivity index (χ1n) is 10.5. The molecular formula is C23H21FN6O4. The number of carbonyl (C=O) groups excluding carboxylic acids is 2. The summed E-state index contributed by atoms with van der Waals surface area (Å²) in [7, 11) is 0. The van der Waals surface area contributed by atoms with E-state index in [4.69, 9.17) is 9.26 Å². The number of esters is 1. The quantitative estimate of drug-likeness (QED) is 0.311. The lowest BCUT2D eigenvalue weighted by atomic mass is 10.1. The molecule has 0 aliphatic rings. The van der Waals surface area contributed by atoms with Gasteiger partial charge in [0.25, 0.3) is 0 Å². The number of ether oxygens (including phenoxy) is 1. The van der Waals surface area contributed by atoms with E-state index in [1.54, 1.807) is 41.9 Å². The number of halogens is 1. The maximum atomic E-state index is 14.3. The topological polar surface area (TPSA) is 125 Å². The van der Waals surface area contributed by atoms with Crippen LogP contribution < -0.4 is 5.32 Å². The van der Waals surface area contributed by atoms with Crippen molar-refractivity contribution in [1.29, 1.82) is 0 Å². The number of hydrogen-bond donors (Lipinski definition) is 1. The number of nitrogens with zero attached hydrogens (tertiary/aromatic N) is 5. The lowest BCUT2D eigenvalue weighted by Gasteiger charge is -2.10. The van der Waals surface area contributed by atoms with Gasteiger partial charge in [0.05, 0.1) is 18.8 Å². The highest BCUT2D eigenvalue weighted by Gasteiger charge is 2.23. The number of carbonyl (C=O) groups is 2. The number of benzene rings is 1. The molecule has 174 valence electrons. The second-order valence-electron chi connectivity index (χ2n) is 7.28. The fraction of sp³-hybridized carbons (Fsp3) is 0.217. The lowest BCUT2D eigenvalue weighted by molar-refractivity contribution is -0.150. The molecule has 34 heavy (non-hydrogen) atoms. The molecule has 0 spiro atoms. The van der Waals surface area contributed by atoms with Crippen molar-refractivity contribution in [2.75, 3.05) is 11.9 Å². The second kappa shape index (κ2) is 10.0. The average molecular weight is 464 g/mol. The van der Waals surface area contributed by atoms with Crippen molar-refractivity contribution in [1.82, 2.24) is 24.9 Å². The van der Waals surface area contributed by atoms with Gasteiger partial charge < -0.3 is 14.6 Å². The number of aromatic nitrogens is 5. The molecule has 1 aromatic carbocycles. The van der Waals surface area contributed by atoms with Crippen LogP contribution in [0, 0.1) is 11.7 Å². The van der Waals surface area contributed by atoms with Crippen molar-refractivity contribution in [2.24, 2.45) is 5.92 Å². The van der Waals surface area contributed by atoms with Crippen LogP contribution in [0.1, 0.15) is 19.4 Å². The van der Waals surface area contributed by atoms with Crippen LogP contribution in [0.3, 0.4) is 0 Å². The molecule has 0 aliphatic heterocycles. The highest BCUT2D eigenvalue weighted by Crippen LogP contribution is 2.25. The number of nitrogens with one attached hydrogen (secondary N) is 1. The Morgan fingerprint density at radius 1 is 1.21 bits per heavy atom. The molecule has 0 radical (unpaired) electrons. The summed E-state index contributed by atoms with van der Waals surface area (Å²) in [6, 6.07) is 11.2. The van der Waals surface area contributed by atoms with E-state index < -0.39 is 17.8 Å². The molecule has 4 aromatic rings. The third kappa shape index (κ3) is 4.98. The van der Waals surface area contributed by atoms with Crippen molar-refractivity contribution in [2.45, 2.75) is 20.4 Å². The summed E-state index contributed by atoms with van der Waals surface area (Å²) in [5.74, 6) is -2.13. The zero-order valence-corrected chi connectivity index (χ0v) is 18.4. The molecular weight excluding hydrogens is 443 g/mol. The third-order valence-electron chi connectivity index (χ3n) is 4.93. The molecule has 10 nitrogen and oxygen atoms in total. The first-order valence-corrected chi connectivity index (χ1v) is 10.5. The van der Waals surface area contributed by atoms with Crippen LogP contribution in [0.25, 0.3) is 22.9 Å². The molecule has 11 heteroatoms. The minimum Gasteiger partial charge on any atom is -0.465 e. The van der Waals surface area contributed by atoms with E-state index in [2.05, 4.69) is 25.5 Å². The molecule has 0 bridgehead atoms. The number of rotatable bonds is 8. The lowest BCUT2D eigenvalue weighted by Crippen LogP contribution is -2.29. The molecule has 1 amide bonds. The van der Waals surface area contributed by atoms with Crippen molar-refractivity contribution in [3.05, 3.63) is 66.3 Å². The van der Waals surface area contributed by atoms with Gasteiger partial charge in [-0.15, -0.1) is 0 Å². The molecule has 3 heterocycles. The SMILES string of the molecule is CCOC(=O)C(C)C(=O)Nc1ccnc(-c2cc(-c3ccon3)n(Cc3ccccc3F)n2)n1. The van der Waals surface area contributed by atoms with Gasteiger partial charge in [0.2, 0.25) is 5.91 Å². The predicted octanol–water partition coefficient (Wildman–Crippen LogP) is 3.32.